The molecule has 1 aromatic rings. The lowest BCUT2D eigenvalue weighted by Gasteiger charge is -2.39. The number of hydrogen-bond donors (Lipinski definition) is 1. The molecule has 0 saturated heterocycles. The molecule has 0 aliphatic rings. The van der Waals surface area contributed by atoms with Gasteiger partial charge in [-0.3, -0.25) is 0 Å². The highest BCUT2D eigenvalue weighted by atomic mass is 16.5. The second-order valence-electron chi connectivity index (χ2n) is 5.72. The minimum Gasteiger partial charge on any atom is -0.496 e. The molecular formula is C15H26N2O. The Labute approximate surface area is 111 Å². The van der Waals surface area contributed by atoms with Crippen LogP contribution in [0.4, 0.5) is 0 Å². The molecule has 0 bridgehead atoms. The molecule has 102 valence electrons. The monoisotopic (exact) mass is 250 g/mol. The number of likely N-dealkylation sites (N-methyl/N-ethyl adjacent to an activating group) is 1. The zero-order valence-electron chi connectivity index (χ0n) is 12.7. The standard InChI is InChI=1S/C15H26N2O/c1-10-8-11(2)13(12(9-10)18-7)14(16)15(3,4)17(5)6/h8-9,14H,16H2,1-7H3. The smallest absolute Gasteiger partial charge is 0.124 e. The first-order valence-corrected chi connectivity index (χ1v) is 6.30. The van der Waals surface area contributed by atoms with Crippen LogP contribution in [0.3, 0.4) is 0 Å². The molecule has 1 rings (SSSR count). The third-order valence-electron chi connectivity index (χ3n) is 3.94. The Morgan fingerprint density at radius 3 is 2.22 bits per heavy atom. The summed E-state index contributed by atoms with van der Waals surface area (Å²) in [6.45, 7) is 8.46. The highest BCUT2D eigenvalue weighted by Gasteiger charge is 2.32. The Hall–Kier alpha value is -1.06. The first-order valence-electron chi connectivity index (χ1n) is 6.30. The number of rotatable bonds is 4. The predicted molar refractivity (Wildman–Crippen MR) is 77.2 cm³/mol. The number of aryl methyl sites for hydroxylation is 2. The van der Waals surface area contributed by atoms with Gasteiger partial charge in [-0.2, -0.15) is 0 Å². The average Bonchev–Trinajstić information content (AvgIpc) is 2.26. The molecule has 0 saturated carbocycles. The Balaban J connectivity index is 3.33. The van der Waals surface area contributed by atoms with Crippen LogP contribution in [0.25, 0.3) is 0 Å². The average molecular weight is 250 g/mol. The van der Waals surface area contributed by atoms with Gasteiger partial charge in [0, 0.05) is 11.1 Å². The molecule has 1 unspecified atom stereocenters. The van der Waals surface area contributed by atoms with Gasteiger partial charge in [0.15, 0.2) is 0 Å². The molecule has 18 heavy (non-hydrogen) atoms. The van der Waals surface area contributed by atoms with E-state index in [0.717, 1.165) is 11.3 Å². The molecule has 2 N–H and O–H groups in total. The number of methoxy groups -OCH3 is 1. The van der Waals surface area contributed by atoms with Crippen LogP contribution in [-0.2, 0) is 0 Å². The van der Waals surface area contributed by atoms with Gasteiger partial charge in [0.25, 0.3) is 0 Å². The summed E-state index contributed by atoms with van der Waals surface area (Å²) in [7, 11) is 5.80. The van der Waals surface area contributed by atoms with E-state index in [1.165, 1.54) is 11.1 Å². The first-order chi connectivity index (χ1) is 8.21. The fourth-order valence-electron chi connectivity index (χ4n) is 2.14. The van der Waals surface area contributed by atoms with Crippen molar-refractivity contribution in [2.45, 2.75) is 39.3 Å². The number of nitrogens with zero attached hydrogens (tertiary/aromatic N) is 1. The van der Waals surface area contributed by atoms with Crippen LogP contribution in [0.1, 0.15) is 36.6 Å². The Morgan fingerprint density at radius 1 is 1.22 bits per heavy atom. The van der Waals surface area contributed by atoms with E-state index in [9.17, 15) is 0 Å². The van der Waals surface area contributed by atoms with Crippen LogP contribution >= 0.6 is 0 Å². The second-order valence-corrected chi connectivity index (χ2v) is 5.72. The largest absolute Gasteiger partial charge is 0.496 e. The number of benzene rings is 1. The van der Waals surface area contributed by atoms with E-state index >= 15 is 0 Å². The lowest BCUT2D eigenvalue weighted by atomic mass is 9.85. The fraction of sp³-hybridized carbons (Fsp3) is 0.600. The SMILES string of the molecule is COc1cc(C)cc(C)c1C(N)C(C)(C)N(C)C. The maximum absolute atomic E-state index is 6.48. The normalized spacial score (nSPS) is 13.8. The van der Waals surface area contributed by atoms with Crippen LogP contribution < -0.4 is 10.5 Å². The third kappa shape index (κ3) is 2.68. The summed E-state index contributed by atoms with van der Waals surface area (Å²) >= 11 is 0. The summed E-state index contributed by atoms with van der Waals surface area (Å²) in [5, 5.41) is 0. The van der Waals surface area contributed by atoms with E-state index in [0.29, 0.717) is 0 Å². The quantitative estimate of drug-likeness (QED) is 0.893. The molecule has 0 aliphatic heterocycles. The number of ether oxygens (including phenoxy) is 1. The second kappa shape index (κ2) is 5.29. The van der Waals surface area contributed by atoms with Crippen molar-refractivity contribution in [3.8, 4) is 5.75 Å². The molecule has 3 heteroatoms. The Kier molecular flexibility index (Phi) is 4.41. The van der Waals surface area contributed by atoms with Crippen LogP contribution in [-0.4, -0.2) is 31.6 Å². The van der Waals surface area contributed by atoms with Crippen molar-refractivity contribution in [3.05, 3.63) is 28.8 Å². The van der Waals surface area contributed by atoms with E-state index in [2.05, 4.69) is 52.8 Å². The van der Waals surface area contributed by atoms with Gasteiger partial charge in [-0.25, -0.2) is 0 Å². The van der Waals surface area contributed by atoms with E-state index in [4.69, 9.17) is 10.5 Å². The van der Waals surface area contributed by atoms with Crippen LogP contribution in [0.5, 0.6) is 5.75 Å². The van der Waals surface area contributed by atoms with Crippen molar-refractivity contribution in [1.29, 1.82) is 0 Å². The van der Waals surface area contributed by atoms with E-state index in [-0.39, 0.29) is 11.6 Å². The zero-order chi connectivity index (χ0) is 14.1. The van der Waals surface area contributed by atoms with Gasteiger partial charge in [0.2, 0.25) is 0 Å². The summed E-state index contributed by atoms with van der Waals surface area (Å²) in [6, 6.07) is 4.11. The van der Waals surface area contributed by atoms with Crippen molar-refractivity contribution in [1.82, 2.24) is 4.90 Å². The molecule has 0 fully saturated rings. The van der Waals surface area contributed by atoms with Crippen molar-refractivity contribution >= 4 is 0 Å². The van der Waals surface area contributed by atoms with Crippen molar-refractivity contribution in [3.63, 3.8) is 0 Å². The summed E-state index contributed by atoms with van der Waals surface area (Å²) in [6.07, 6.45) is 0. The molecule has 0 amide bonds. The summed E-state index contributed by atoms with van der Waals surface area (Å²) < 4.78 is 5.50. The van der Waals surface area contributed by atoms with Crippen LogP contribution in [0.2, 0.25) is 0 Å². The lowest BCUT2D eigenvalue weighted by molar-refractivity contribution is 0.157. The van der Waals surface area contributed by atoms with E-state index in [1.54, 1.807) is 7.11 Å². The number of nitrogens with two attached hydrogens (primary N) is 1. The van der Waals surface area contributed by atoms with Gasteiger partial charge >= 0.3 is 0 Å². The molecular weight excluding hydrogens is 224 g/mol. The van der Waals surface area contributed by atoms with Crippen LogP contribution in [0.15, 0.2) is 12.1 Å². The van der Waals surface area contributed by atoms with Gasteiger partial charge in [-0.15, -0.1) is 0 Å². The van der Waals surface area contributed by atoms with Gasteiger partial charge < -0.3 is 15.4 Å². The van der Waals surface area contributed by atoms with E-state index < -0.39 is 0 Å². The van der Waals surface area contributed by atoms with Gasteiger partial charge in [-0.1, -0.05) is 6.07 Å². The molecule has 0 spiro atoms. The van der Waals surface area contributed by atoms with Gasteiger partial charge in [-0.05, 0) is 59.0 Å². The topological polar surface area (TPSA) is 38.5 Å². The Morgan fingerprint density at radius 2 is 1.78 bits per heavy atom. The molecule has 0 heterocycles. The molecule has 1 aromatic carbocycles. The zero-order valence-corrected chi connectivity index (χ0v) is 12.7. The first kappa shape index (κ1) is 15.0. The highest BCUT2D eigenvalue weighted by molar-refractivity contribution is 5.46. The summed E-state index contributed by atoms with van der Waals surface area (Å²) in [5.74, 6) is 0.884. The van der Waals surface area contributed by atoms with Crippen molar-refractivity contribution in [2.75, 3.05) is 21.2 Å². The number of hydrogen-bond acceptors (Lipinski definition) is 3. The van der Waals surface area contributed by atoms with Gasteiger partial charge in [0.05, 0.1) is 13.2 Å². The third-order valence-corrected chi connectivity index (χ3v) is 3.94. The van der Waals surface area contributed by atoms with Crippen LogP contribution in [0, 0.1) is 13.8 Å². The molecule has 0 aliphatic carbocycles. The molecule has 0 aromatic heterocycles. The Bertz CT molecular complexity index is 425. The molecule has 3 nitrogen and oxygen atoms in total. The predicted octanol–water partition coefficient (Wildman–Crippen LogP) is 2.65. The van der Waals surface area contributed by atoms with Crippen molar-refractivity contribution in [2.24, 2.45) is 5.73 Å². The maximum atomic E-state index is 6.48. The lowest BCUT2D eigenvalue weighted by Crippen LogP contribution is -2.47. The minimum atomic E-state index is -0.132. The minimum absolute atomic E-state index is 0.0944. The van der Waals surface area contributed by atoms with Gasteiger partial charge in [0.1, 0.15) is 5.75 Å². The highest BCUT2D eigenvalue weighted by Crippen LogP contribution is 2.36. The maximum Gasteiger partial charge on any atom is 0.124 e. The molecule has 1 atom stereocenters. The fourth-order valence-corrected chi connectivity index (χ4v) is 2.14. The summed E-state index contributed by atoms with van der Waals surface area (Å²) in [4.78, 5) is 2.15. The summed E-state index contributed by atoms with van der Waals surface area (Å²) in [5.41, 5.74) is 9.83. The molecule has 0 radical (unpaired) electrons. The van der Waals surface area contributed by atoms with E-state index in [1.807, 2.05) is 6.07 Å². The van der Waals surface area contributed by atoms with Crippen molar-refractivity contribution < 1.29 is 4.74 Å².